The minimum atomic E-state index is 0.812. The molecule has 0 spiro atoms. The molecule has 0 radical (unpaired) electrons. The second-order valence-electron chi connectivity index (χ2n) is 4.23. The van der Waals surface area contributed by atoms with Crippen LogP contribution < -0.4 is 5.32 Å². The van der Waals surface area contributed by atoms with E-state index in [-0.39, 0.29) is 0 Å². The number of benzene rings is 2. The number of fused-ring (bicyclic) bond motifs is 3. The summed E-state index contributed by atoms with van der Waals surface area (Å²) in [5.41, 5.74) is 2.91. The highest BCUT2D eigenvalue weighted by Gasteiger charge is 2.08. The second kappa shape index (κ2) is 4.57. The zero-order valence-corrected chi connectivity index (χ0v) is 10.3. The zero-order valence-electron chi connectivity index (χ0n) is 10.3. The van der Waals surface area contributed by atoms with Crippen molar-refractivity contribution in [2.45, 2.75) is 6.92 Å². The minimum Gasteiger partial charge on any atom is -0.454 e. The van der Waals surface area contributed by atoms with Gasteiger partial charge in [-0.25, -0.2) is 0 Å². The smallest absolute Gasteiger partial charge is 0.158 e. The first kappa shape index (κ1) is 10.9. The van der Waals surface area contributed by atoms with Gasteiger partial charge in [0.1, 0.15) is 5.58 Å². The van der Waals surface area contributed by atoms with Crippen LogP contribution in [0.25, 0.3) is 21.9 Å². The van der Waals surface area contributed by atoms with Gasteiger partial charge in [0.15, 0.2) is 5.58 Å². The fraction of sp³-hybridized carbons (Fsp3) is 0.125. The molecule has 0 fully saturated rings. The molecule has 2 aromatic carbocycles. The molecule has 1 aromatic heterocycles. The van der Waals surface area contributed by atoms with Gasteiger partial charge in [-0.15, -0.1) is 0 Å². The maximum absolute atomic E-state index is 5.93. The van der Waals surface area contributed by atoms with Crippen LogP contribution in [0.5, 0.6) is 0 Å². The van der Waals surface area contributed by atoms with E-state index in [9.17, 15) is 0 Å². The number of rotatable bonds is 3. The Bertz CT molecular complexity index is 709. The van der Waals surface area contributed by atoms with Crippen molar-refractivity contribution in [3.8, 4) is 0 Å². The predicted molar refractivity (Wildman–Crippen MR) is 77.0 cm³/mol. The quantitative estimate of drug-likeness (QED) is 0.675. The Morgan fingerprint density at radius 2 is 1.89 bits per heavy atom. The van der Waals surface area contributed by atoms with Crippen molar-refractivity contribution < 1.29 is 4.42 Å². The number of nitrogens with one attached hydrogen (secondary N) is 1. The summed E-state index contributed by atoms with van der Waals surface area (Å²) < 4.78 is 5.93. The first-order chi connectivity index (χ1) is 8.90. The third kappa shape index (κ3) is 1.76. The fourth-order valence-electron chi connectivity index (χ4n) is 2.17. The molecule has 1 N–H and O–H groups in total. The zero-order chi connectivity index (χ0) is 12.4. The van der Waals surface area contributed by atoms with E-state index < -0.39 is 0 Å². The summed E-state index contributed by atoms with van der Waals surface area (Å²) in [5, 5.41) is 5.70. The van der Waals surface area contributed by atoms with Gasteiger partial charge < -0.3 is 9.73 Å². The van der Waals surface area contributed by atoms with E-state index in [1.165, 1.54) is 5.39 Å². The SMILES string of the molecule is C/C=C\CNc1cccc2c1oc1ccccc12. The molecule has 18 heavy (non-hydrogen) atoms. The lowest BCUT2D eigenvalue weighted by atomic mass is 10.1. The first-order valence-corrected chi connectivity index (χ1v) is 6.15. The predicted octanol–water partition coefficient (Wildman–Crippen LogP) is 4.57. The molecule has 3 aromatic rings. The Balaban J connectivity index is 2.15. The summed E-state index contributed by atoms with van der Waals surface area (Å²) in [7, 11) is 0. The van der Waals surface area contributed by atoms with Gasteiger partial charge in [0.05, 0.1) is 5.69 Å². The van der Waals surface area contributed by atoms with Crippen LogP contribution >= 0.6 is 0 Å². The van der Waals surface area contributed by atoms with Crippen LogP contribution in [-0.4, -0.2) is 6.54 Å². The number of hydrogen-bond acceptors (Lipinski definition) is 2. The van der Waals surface area contributed by atoms with Crippen LogP contribution in [0.15, 0.2) is 59.0 Å². The highest BCUT2D eigenvalue weighted by atomic mass is 16.3. The molecule has 0 bridgehead atoms. The molecule has 1 heterocycles. The molecule has 2 heteroatoms. The van der Waals surface area contributed by atoms with Gasteiger partial charge in [-0.2, -0.15) is 0 Å². The molecule has 0 aliphatic heterocycles. The van der Waals surface area contributed by atoms with E-state index in [1.807, 2.05) is 37.3 Å². The van der Waals surface area contributed by atoms with Gasteiger partial charge in [0, 0.05) is 17.3 Å². The molecular weight excluding hydrogens is 222 g/mol. The van der Waals surface area contributed by atoms with E-state index in [4.69, 9.17) is 4.42 Å². The number of para-hydroxylation sites is 2. The van der Waals surface area contributed by atoms with E-state index in [2.05, 4.69) is 29.6 Å². The molecule has 90 valence electrons. The maximum Gasteiger partial charge on any atom is 0.158 e. The average molecular weight is 237 g/mol. The molecule has 0 amide bonds. The topological polar surface area (TPSA) is 25.2 Å². The minimum absolute atomic E-state index is 0.812. The normalized spacial score (nSPS) is 11.6. The molecule has 3 rings (SSSR count). The summed E-state index contributed by atoms with van der Waals surface area (Å²) >= 11 is 0. The molecule has 0 unspecified atom stereocenters. The van der Waals surface area contributed by atoms with E-state index >= 15 is 0 Å². The average Bonchev–Trinajstić information content (AvgIpc) is 2.79. The van der Waals surface area contributed by atoms with E-state index in [0.717, 1.165) is 28.8 Å². The number of furan rings is 1. The third-order valence-electron chi connectivity index (χ3n) is 3.05. The van der Waals surface area contributed by atoms with Crippen molar-refractivity contribution in [3.63, 3.8) is 0 Å². The van der Waals surface area contributed by atoms with Crippen molar-refractivity contribution in [3.05, 3.63) is 54.6 Å². The highest BCUT2D eigenvalue weighted by Crippen LogP contribution is 2.32. The van der Waals surface area contributed by atoms with Gasteiger partial charge in [-0.05, 0) is 19.1 Å². The lowest BCUT2D eigenvalue weighted by molar-refractivity contribution is 0.670. The largest absolute Gasteiger partial charge is 0.454 e. The van der Waals surface area contributed by atoms with Gasteiger partial charge in [0.25, 0.3) is 0 Å². The van der Waals surface area contributed by atoms with Crippen molar-refractivity contribution in [1.29, 1.82) is 0 Å². The van der Waals surface area contributed by atoms with Gasteiger partial charge in [0.2, 0.25) is 0 Å². The highest BCUT2D eigenvalue weighted by molar-refractivity contribution is 6.08. The molecular formula is C16H15NO. The van der Waals surface area contributed by atoms with Crippen LogP contribution in [0.1, 0.15) is 6.92 Å². The summed E-state index contributed by atoms with van der Waals surface area (Å²) in [6.45, 7) is 2.83. The van der Waals surface area contributed by atoms with Crippen LogP contribution in [-0.2, 0) is 0 Å². The lowest BCUT2D eigenvalue weighted by Gasteiger charge is -2.03. The third-order valence-corrected chi connectivity index (χ3v) is 3.05. The first-order valence-electron chi connectivity index (χ1n) is 6.15. The molecule has 0 saturated carbocycles. The Hall–Kier alpha value is -2.22. The van der Waals surface area contributed by atoms with Crippen molar-refractivity contribution in [1.82, 2.24) is 0 Å². The Kier molecular flexibility index (Phi) is 2.77. The monoisotopic (exact) mass is 237 g/mol. The van der Waals surface area contributed by atoms with Crippen LogP contribution in [0.2, 0.25) is 0 Å². The molecule has 0 aliphatic carbocycles. The second-order valence-corrected chi connectivity index (χ2v) is 4.23. The van der Waals surface area contributed by atoms with Crippen LogP contribution in [0, 0.1) is 0 Å². The number of allylic oxidation sites excluding steroid dienone is 1. The Labute approximate surface area is 106 Å². The van der Waals surface area contributed by atoms with Gasteiger partial charge in [-0.3, -0.25) is 0 Å². The van der Waals surface area contributed by atoms with Crippen LogP contribution in [0.3, 0.4) is 0 Å². The summed E-state index contributed by atoms with van der Waals surface area (Å²) in [5.74, 6) is 0. The lowest BCUT2D eigenvalue weighted by Crippen LogP contribution is -1.97. The molecule has 0 saturated heterocycles. The number of anilines is 1. The Morgan fingerprint density at radius 3 is 2.78 bits per heavy atom. The van der Waals surface area contributed by atoms with Gasteiger partial charge >= 0.3 is 0 Å². The summed E-state index contributed by atoms with van der Waals surface area (Å²) in [6, 6.07) is 14.3. The van der Waals surface area contributed by atoms with Crippen LogP contribution in [0.4, 0.5) is 5.69 Å². The summed E-state index contributed by atoms with van der Waals surface area (Å²) in [4.78, 5) is 0. The van der Waals surface area contributed by atoms with Crippen molar-refractivity contribution in [2.24, 2.45) is 0 Å². The van der Waals surface area contributed by atoms with Gasteiger partial charge in [-0.1, -0.05) is 42.5 Å². The molecule has 2 nitrogen and oxygen atoms in total. The van der Waals surface area contributed by atoms with E-state index in [0.29, 0.717) is 0 Å². The van der Waals surface area contributed by atoms with Crippen molar-refractivity contribution >= 4 is 27.6 Å². The molecule has 0 aliphatic rings. The Morgan fingerprint density at radius 1 is 1.06 bits per heavy atom. The summed E-state index contributed by atoms with van der Waals surface area (Å²) in [6.07, 6.45) is 4.12. The fourth-order valence-corrected chi connectivity index (χ4v) is 2.17. The van der Waals surface area contributed by atoms with Crippen molar-refractivity contribution in [2.75, 3.05) is 11.9 Å². The molecule has 0 atom stereocenters. The van der Waals surface area contributed by atoms with E-state index in [1.54, 1.807) is 0 Å². The number of hydrogen-bond donors (Lipinski definition) is 1. The standard InChI is InChI=1S/C16H15NO/c1-2-3-11-17-14-9-6-8-13-12-7-4-5-10-15(12)18-16(13)14/h2-10,17H,11H2,1H3/b3-2-. The maximum atomic E-state index is 5.93.